The molecule has 0 atom stereocenters. The van der Waals surface area contributed by atoms with E-state index in [1.54, 1.807) is 0 Å². The summed E-state index contributed by atoms with van der Waals surface area (Å²) in [7, 11) is 3.87. The molecule has 1 aromatic carbocycles. The van der Waals surface area contributed by atoms with Crippen LogP contribution < -0.4 is 16.0 Å². The van der Waals surface area contributed by atoms with E-state index >= 15 is 0 Å². The normalized spacial score (nSPS) is 11.5. The van der Waals surface area contributed by atoms with E-state index in [4.69, 9.17) is 10.5 Å². The zero-order valence-electron chi connectivity index (χ0n) is 14.4. The highest BCUT2D eigenvalue weighted by atomic mass is 16.6. The van der Waals surface area contributed by atoms with Crippen LogP contribution in [-0.2, 0) is 11.3 Å². The highest BCUT2D eigenvalue weighted by Crippen LogP contribution is 2.23. The average Bonchev–Trinajstić information content (AvgIpc) is 2.75. The molecule has 1 heterocycles. The number of aromatic nitrogens is 2. The molecule has 0 fully saturated rings. The van der Waals surface area contributed by atoms with E-state index in [1.807, 2.05) is 62.5 Å². The Hall–Kier alpha value is -2.44. The molecule has 0 aliphatic heterocycles. The van der Waals surface area contributed by atoms with Gasteiger partial charge in [0.2, 0.25) is 5.95 Å². The van der Waals surface area contributed by atoms with Crippen LogP contribution in [0, 0.1) is 0 Å². The van der Waals surface area contributed by atoms with Crippen molar-refractivity contribution in [1.29, 1.82) is 0 Å². The summed E-state index contributed by atoms with van der Waals surface area (Å²) in [6.07, 6.45) is -0.419. The minimum Gasteiger partial charge on any atom is -0.444 e. The summed E-state index contributed by atoms with van der Waals surface area (Å²) in [5.74, 6) is 0.816. The van der Waals surface area contributed by atoms with Crippen LogP contribution in [0.4, 0.5) is 16.4 Å². The number of ether oxygens (including phenoxy) is 1. The van der Waals surface area contributed by atoms with Crippen LogP contribution in [0.3, 0.4) is 0 Å². The number of nitrogens with one attached hydrogen (secondary N) is 1. The number of carbonyl (C=O) groups excluding carboxylic acids is 1. The molecule has 7 heteroatoms. The van der Waals surface area contributed by atoms with Crippen LogP contribution in [0.25, 0.3) is 11.0 Å². The van der Waals surface area contributed by atoms with Gasteiger partial charge in [-0.1, -0.05) is 0 Å². The molecule has 23 heavy (non-hydrogen) atoms. The van der Waals surface area contributed by atoms with Gasteiger partial charge < -0.3 is 25.3 Å². The summed E-state index contributed by atoms with van der Waals surface area (Å²) in [5.41, 5.74) is 7.82. The van der Waals surface area contributed by atoms with E-state index in [-0.39, 0.29) is 0 Å². The summed E-state index contributed by atoms with van der Waals surface area (Å²) in [6, 6.07) is 5.64. The number of hydrogen-bond donors (Lipinski definition) is 2. The first-order valence-electron chi connectivity index (χ1n) is 7.57. The molecular formula is C16H25N5O2. The van der Waals surface area contributed by atoms with Crippen molar-refractivity contribution in [2.75, 3.05) is 31.3 Å². The molecule has 2 aromatic rings. The molecule has 1 aromatic heterocycles. The van der Waals surface area contributed by atoms with Gasteiger partial charge in [-0.2, -0.15) is 0 Å². The van der Waals surface area contributed by atoms with Crippen LogP contribution in [-0.4, -0.2) is 41.9 Å². The molecule has 3 N–H and O–H groups in total. The van der Waals surface area contributed by atoms with Gasteiger partial charge in [-0.25, -0.2) is 9.78 Å². The third-order valence-electron chi connectivity index (χ3n) is 3.16. The number of benzene rings is 1. The maximum absolute atomic E-state index is 11.7. The highest BCUT2D eigenvalue weighted by Gasteiger charge is 2.16. The van der Waals surface area contributed by atoms with Crippen molar-refractivity contribution >= 4 is 28.8 Å². The lowest BCUT2D eigenvalue weighted by atomic mass is 10.2. The molecule has 0 aliphatic rings. The van der Waals surface area contributed by atoms with Crippen molar-refractivity contribution in [2.45, 2.75) is 32.9 Å². The Balaban J connectivity index is 2.13. The number of anilines is 2. The smallest absolute Gasteiger partial charge is 0.407 e. The van der Waals surface area contributed by atoms with Gasteiger partial charge in [0, 0.05) is 32.9 Å². The number of rotatable bonds is 4. The second-order valence-electron chi connectivity index (χ2n) is 6.63. The first-order chi connectivity index (χ1) is 10.7. The number of nitrogens with zero attached hydrogens (tertiary/aromatic N) is 3. The van der Waals surface area contributed by atoms with Crippen molar-refractivity contribution in [3.05, 3.63) is 18.2 Å². The van der Waals surface area contributed by atoms with Gasteiger partial charge in [0.1, 0.15) is 5.60 Å². The van der Waals surface area contributed by atoms with E-state index in [0.29, 0.717) is 18.8 Å². The maximum Gasteiger partial charge on any atom is 0.407 e. The molecule has 0 unspecified atom stereocenters. The Kier molecular flexibility index (Phi) is 4.68. The number of fused-ring (bicyclic) bond motifs is 1. The molecule has 0 bridgehead atoms. The van der Waals surface area contributed by atoms with Crippen LogP contribution >= 0.6 is 0 Å². The third-order valence-corrected chi connectivity index (χ3v) is 3.16. The fraction of sp³-hybridized carbons (Fsp3) is 0.500. The van der Waals surface area contributed by atoms with Crippen LogP contribution in [0.5, 0.6) is 0 Å². The summed E-state index contributed by atoms with van der Waals surface area (Å²) in [5, 5.41) is 2.77. The summed E-state index contributed by atoms with van der Waals surface area (Å²) >= 11 is 0. The summed E-state index contributed by atoms with van der Waals surface area (Å²) in [6.45, 7) is 6.55. The van der Waals surface area contributed by atoms with Crippen LogP contribution in [0.2, 0.25) is 0 Å². The Morgan fingerprint density at radius 1 is 1.39 bits per heavy atom. The molecule has 0 aliphatic carbocycles. The van der Waals surface area contributed by atoms with E-state index in [9.17, 15) is 4.79 Å². The van der Waals surface area contributed by atoms with E-state index < -0.39 is 11.7 Å². The molecule has 0 radical (unpaired) electrons. The topological polar surface area (TPSA) is 85.4 Å². The summed E-state index contributed by atoms with van der Waals surface area (Å²) in [4.78, 5) is 18.3. The number of alkyl carbamates (subject to hydrolysis) is 1. The number of imidazole rings is 1. The Labute approximate surface area is 136 Å². The molecule has 0 saturated heterocycles. The lowest BCUT2D eigenvalue weighted by molar-refractivity contribution is 0.0526. The van der Waals surface area contributed by atoms with Gasteiger partial charge >= 0.3 is 6.09 Å². The SMILES string of the molecule is CN(C)c1nc2cc(N)ccc2n1CCNC(=O)OC(C)(C)C. The first kappa shape index (κ1) is 16.9. The molecule has 2 rings (SSSR count). The number of nitrogens with two attached hydrogens (primary N) is 1. The van der Waals surface area contributed by atoms with Crippen molar-refractivity contribution in [2.24, 2.45) is 0 Å². The molecular weight excluding hydrogens is 294 g/mol. The van der Waals surface area contributed by atoms with Gasteiger partial charge in [0.15, 0.2) is 0 Å². The second-order valence-corrected chi connectivity index (χ2v) is 6.63. The van der Waals surface area contributed by atoms with Gasteiger partial charge in [0.05, 0.1) is 11.0 Å². The minimum atomic E-state index is -0.502. The molecule has 126 valence electrons. The standard InChI is InChI=1S/C16H25N5O2/c1-16(2,3)23-15(22)18-8-9-21-13-7-6-11(17)10-12(13)19-14(21)20(4)5/h6-7,10H,8-9,17H2,1-5H3,(H,18,22). The van der Waals surface area contributed by atoms with Crippen molar-refractivity contribution in [3.63, 3.8) is 0 Å². The van der Waals surface area contributed by atoms with Crippen molar-refractivity contribution in [3.8, 4) is 0 Å². The van der Waals surface area contributed by atoms with E-state index in [1.165, 1.54) is 0 Å². The number of carbonyl (C=O) groups is 1. The fourth-order valence-electron chi connectivity index (χ4n) is 2.28. The zero-order chi connectivity index (χ0) is 17.2. The lowest BCUT2D eigenvalue weighted by Gasteiger charge is -2.20. The van der Waals surface area contributed by atoms with E-state index in [0.717, 1.165) is 17.0 Å². The van der Waals surface area contributed by atoms with Crippen molar-refractivity contribution in [1.82, 2.24) is 14.9 Å². The van der Waals surface area contributed by atoms with Crippen molar-refractivity contribution < 1.29 is 9.53 Å². The fourth-order valence-corrected chi connectivity index (χ4v) is 2.28. The van der Waals surface area contributed by atoms with E-state index in [2.05, 4.69) is 10.3 Å². The van der Waals surface area contributed by atoms with Gasteiger partial charge in [-0.3, -0.25) is 0 Å². The quantitative estimate of drug-likeness (QED) is 0.844. The highest BCUT2D eigenvalue weighted by molar-refractivity contribution is 5.82. The number of nitrogen functional groups attached to an aromatic ring is 1. The Morgan fingerprint density at radius 2 is 2.09 bits per heavy atom. The third kappa shape index (κ3) is 4.28. The zero-order valence-corrected chi connectivity index (χ0v) is 14.4. The molecule has 7 nitrogen and oxygen atoms in total. The van der Waals surface area contributed by atoms with Crippen LogP contribution in [0.1, 0.15) is 20.8 Å². The monoisotopic (exact) mass is 319 g/mol. The Morgan fingerprint density at radius 3 is 2.70 bits per heavy atom. The minimum absolute atomic E-state index is 0.419. The second kappa shape index (κ2) is 6.36. The first-order valence-corrected chi connectivity index (χ1v) is 7.57. The summed E-state index contributed by atoms with van der Waals surface area (Å²) < 4.78 is 7.28. The molecule has 0 spiro atoms. The largest absolute Gasteiger partial charge is 0.444 e. The lowest BCUT2D eigenvalue weighted by Crippen LogP contribution is -2.34. The average molecular weight is 319 g/mol. The van der Waals surface area contributed by atoms with Gasteiger partial charge in [0.25, 0.3) is 0 Å². The molecule has 0 saturated carbocycles. The molecule has 1 amide bonds. The predicted molar refractivity (Wildman–Crippen MR) is 92.7 cm³/mol. The number of hydrogen-bond acceptors (Lipinski definition) is 5. The van der Waals surface area contributed by atoms with Crippen LogP contribution in [0.15, 0.2) is 18.2 Å². The Bertz CT molecular complexity index is 700. The number of amides is 1. The van der Waals surface area contributed by atoms with Gasteiger partial charge in [-0.15, -0.1) is 0 Å². The predicted octanol–water partition coefficient (Wildman–Crippen LogP) is 2.21. The maximum atomic E-state index is 11.7. The van der Waals surface area contributed by atoms with Gasteiger partial charge in [-0.05, 0) is 39.0 Å².